The summed E-state index contributed by atoms with van der Waals surface area (Å²) < 4.78 is 18.0. The van der Waals surface area contributed by atoms with Crippen LogP contribution in [0.3, 0.4) is 0 Å². The highest BCUT2D eigenvalue weighted by Gasteiger charge is 2.15. The van der Waals surface area contributed by atoms with Gasteiger partial charge < -0.3 is 15.2 Å². The van der Waals surface area contributed by atoms with Crippen molar-refractivity contribution in [2.45, 2.75) is 0 Å². The van der Waals surface area contributed by atoms with E-state index >= 15 is 0 Å². The number of ether oxygens (including phenoxy) is 1. The van der Waals surface area contributed by atoms with Gasteiger partial charge in [0.2, 0.25) is 0 Å². The molecule has 0 aromatic heterocycles. The van der Waals surface area contributed by atoms with E-state index in [9.17, 15) is 19.1 Å². The number of benzene rings is 3. The lowest BCUT2D eigenvalue weighted by Crippen LogP contribution is -2.18. The third-order valence-electron chi connectivity index (χ3n) is 4.28. The second-order valence-corrected chi connectivity index (χ2v) is 7.16. The fraction of sp³-hybridized carbons (Fsp3) is 0.0455. The number of anilines is 1. The number of carbonyl (C=O) groups excluding carboxylic acids is 2. The molecule has 3 aromatic rings. The molecule has 0 spiro atoms. The highest BCUT2D eigenvalue weighted by Crippen LogP contribution is 2.39. The average Bonchev–Trinajstić information content (AvgIpc) is 2.79. The molecule has 0 saturated heterocycles. The molecule has 2 amide bonds. The molecule has 3 aromatic carbocycles. The third-order valence-corrected chi connectivity index (χ3v) is 5.09. The molecule has 0 radical (unpaired) electrons. The molecule has 3 rings (SSSR count). The van der Waals surface area contributed by atoms with Gasteiger partial charge in [0.05, 0.1) is 28.9 Å². The summed E-state index contributed by atoms with van der Waals surface area (Å²) in [7, 11) is 1.35. The Morgan fingerprint density at radius 2 is 1.62 bits per heavy atom. The molecule has 3 N–H and O–H groups in total. The summed E-state index contributed by atoms with van der Waals surface area (Å²) in [6.45, 7) is 0. The highest BCUT2D eigenvalue weighted by molar-refractivity contribution is 6.43. The van der Waals surface area contributed by atoms with Crippen molar-refractivity contribution in [1.82, 2.24) is 5.43 Å². The van der Waals surface area contributed by atoms with Gasteiger partial charge >= 0.3 is 0 Å². The number of hydrogen-bond acceptors (Lipinski definition) is 5. The first kappa shape index (κ1) is 23.1. The van der Waals surface area contributed by atoms with Crippen LogP contribution in [0.4, 0.5) is 10.1 Å². The quantitative estimate of drug-likeness (QED) is 0.350. The predicted octanol–water partition coefficient (Wildman–Crippen LogP) is 4.86. The lowest BCUT2D eigenvalue weighted by molar-refractivity contribution is 0.0954. The van der Waals surface area contributed by atoms with E-state index in [4.69, 9.17) is 27.9 Å². The van der Waals surface area contributed by atoms with Crippen molar-refractivity contribution < 1.29 is 23.8 Å². The summed E-state index contributed by atoms with van der Waals surface area (Å²) in [5.74, 6) is -1.57. The third kappa shape index (κ3) is 5.35. The van der Waals surface area contributed by atoms with E-state index in [-0.39, 0.29) is 32.7 Å². The van der Waals surface area contributed by atoms with Crippen molar-refractivity contribution in [2.75, 3.05) is 12.4 Å². The molecule has 0 unspecified atom stereocenters. The molecule has 0 aliphatic carbocycles. The Labute approximate surface area is 192 Å². The maximum atomic E-state index is 13.0. The monoisotopic (exact) mass is 475 g/mol. The minimum Gasteiger partial charge on any atom is -0.504 e. The van der Waals surface area contributed by atoms with Crippen LogP contribution in [0, 0.1) is 5.82 Å². The van der Waals surface area contributed by atoms with Crippen LogP contribution >= 0.6 is 23.2 Å². The molecule has 0 atom stereocenters. The number of rotatable bonds is 6. The molecule has 32 heavy (non-hydrogen) atoms. The smallest absolute Gasteiger partial charge is 0.271 e. The maximum absolute atomic E-state index is 13.0. The maximum Gasteiger partial charge on any atom is 0.271 e. The van der Waals surface area contributed by atoms with Gasteiger partial charge in [0.15, 0.2) is 11.5 Å². The van der Waals surface area contributed by atoms with Crippen LogP contribution in [-0.2, 0) is 0 Å². The van der Waals surface area contributed by atoms with E-state index in [0.29, 0.717) is 11.3 Å². The second-order valence-electron chi connectivity index (χ2n) is 6.37. The standard InChI is InChI=1S/C22H16Cl2FN3O4/c1-32-18-10-17(23)19(24)16(20(18)29)11-26-28-22(31)13-4-8-15(9-5-13)27-21(30)12-2-6-14(25)7-3-12/h2-11,29H,1H3,(H,27,30)(H,28,31)/b26-11-. The normalized spacial score (nSPS) is 10.8. The number of amides is 2. The van der Waals surface area contributed by atoms with Crippen LogP contribution in [0.2, 0.25) is 10.0 Å². The van der Waals surface area contributed by atoms with Crippen molar-refractivity contribution in [3.05, 3.63) is 87.2 Å². The number of phenols is 1. The number of hydrogen-bond donors (Lipinski definition) is 3. The summed E-state index contributed by atoms with van der Waals surface area (Å²) in [4.78, 5) is 24.5. The first-order valence-corrected chi connectivity index (χ1v) is 9.81. The van der Waals surface area contributed by atoms with Crippen molar-refractivity contribution in [3.63, 3.8) is 0 Å². The lowest BCUT2D eigenvalue weighted by atomic mass is 10.1. The summed E-state index contributed by atoms with van der Waals surface area (Å²) in [5.41, 5.74) is 3.39. The molecular formula is C22H16Cl2FN3O4. The van der Waals surface area contributed by atoms with Crippen LogP contribution < -0.4 is 15.5 Å². The van der Waals surface area contributed by atoms with Gasteiger partial charge in [-0.15, -0.1) is 0 Å². The minimum absolute atomic E-state index is 0.0456. The first-order chi connectivity index (χ1) is 15.3. The zero-order valence-electron chi connectivity index (χ0n) is 16.5. The number of carbonyl (C=O) groups is 2. The second kappa shape index (κ2) is 10.1. The van der Waals surface area contributed by atoms with Gasteiger partial charge in [0, 0.05) is 22.9 Å². The van der Waals surface area contributed by atoms with Gasteiger partial charge in [-0.2, -0.15) is 5.10 Å². The number of aromatic hydroxyl groups is 1. The zero-order chi connectivity index (χ0) is 23.3. The Balaban J connectivity index is 1.65. The van der Waals surface area contributed by atoms with Crippen LogP contribution in [0.5, 0.6) is 11.5 Å². The summed E-state index contributed by atoms with van der Waals surface area (Å²) in [6.07, 6.45) is 1.14. The number of halogens is 3. The van der Waals surface area contributed by atoms with E-state index in [1.165, 1.54) is 61.7 Å². The van der Waals surface area contributed by atoms with E-state index in [0.717, 1.165) is 6.21 Å². The van der Waals surface area contributed by atoms with Crippen molar-refractivity contribution >= 4 is 46.9 Å². The molecule has 0 heterocycles. The van der Waals surface area contributed by atoms with Gasteiger partial charge in [-0.05, 0) is 48.5 Å². The number of nitrogens with one attached hydrogen (secondary N) is 2. The summed E-state index contributed by atoms with van der Waals surface area (Å²) >= 11 is 12.1. The molecule has 0 bridgehead atoms. The van der Waals surface area contributed by atoms with Gasteiger partial charge in [-0.3, -0.25) is 9.59 Å². The Morgan fingerprint density at radius 1 is 1.03 bits per heavy atom. The molecular weight excluding hydrogens is 460 g/mol. The lowest BCUT2D eigenvalue weighted by Gasteiger charge is -2.09. The predicted molar refractivity (Wildman–Crippen MR) is 121 cm³/mol. The van der Waals surface area contributed by atoms with Gasteiger partial charge in [0.1, 0.15) is 5.82 Å². The fourth-order valence-corrected chi connectivity index (χ4v) is 3.01. The van der Waals surface area contributed by atoms with Crippen molar-refractivity contribution in [1.29, 1.82) is 0 Å². The van der Waals surface area contributed by atoms with Crippen LogP contribution in [0.15, 0.2) is 59.7 Å². The van der Waals surface area contributed by atoms with Gasteiger partial charge in [0.25, 0.3) is 11.8 Å². The van der Waals surface area contributed by atoms with Crippen LogP contribution in [-0.4, -0.2) is 30.2 Å². The average molecular weight is 476 g/mol. The topological polar surface area (TPSA) is 100 Å². The molecule has 0 saturated carbocycles. The first-order valence-electron chi connectivity index (χ1n) is 9.05. The number of methoxy groups -OCH3 is 1. The zero-order valence-corrected chi connectivity index (χ0v) is 18.0. The Kier molecular flexibility index (Phi) is 7.29. The molecule has 0 aliphatic heterocycles. The van der Waals surface area contributed by atoms with E-state index in [1.807, 2.05) is 0 Å². The largest absolute Gasteiger partial charge is 0.504 e. The number of phenolic OH excluding ortho intramolecular Hbond substituents is 1. The molecule has 164 valence electrons. The fourth-order valence-electron chi connectivity index (χ4n) is 2.62. The number of nitrogens with zero attached hydrogens (tertiary/aromatic N) is 1. The van der Waals surface area contributed by atoms with Crippen LogP contribution in [0.1, 0.15) is 26.3 Å². The van der Waals surface area contributed by atoms with E-state index < -0.39 is 17.6 Å². The summed E-state index contributed by atoms with van der Waals surface area (Å²) in [6, 6.07) is 12.5. The van der Waals surface area contributed by atoms with Gasteiger partial charge in [-0.25, -0.2) is 9.82 Å². The minimum atomic E-state index is -0.540. The molecule has 10 heteroatoms. The Bertz CT molecular complexity index is 1180. The van der Waals surface area contributed by atoms with Crippen LogP contribution in [0.25, 0.3) is 0 Å². The Hall–Kier alpha value is -3.62. The molecule has 7 nitrogen and oxygen atoms in total. The summed E-state index contributed by atoms with van der Waals surface area (Å²) in [5, 5.41) is 16.8. The van der Waals surface area contributed by atoms with Crippen molar-refractivity contribution in [3.8, 4) is 11.5 Å². The van der Waals surface area contributed by atoms with Crippen molar-refractivity contribution in [2.24, 2.45) is 5.10 Å². The Morgan fingerprint density at radius 3 is 2.25 bits per heavy atom. The SMILES string of the molecule is COc1cc(Cl)c(Cl)c(/C=N\NC(=O)c2ccc(NC(=O)c3ccc(F)cc3)cc2)c1O. The van der Waals surface area contributed by atoms with E-state index in [1.54, 1.807) is 0 Å². The highest BCUT2D eigenvalue weighted by atomic mass is 35.5. The number of hydrazone groups is 1. The van der Waals surface area contributed by atoms with E-state index in [2.05, 4.69) is 15.8 Å². The van der Waals surface area contributed by atoms with Gasteiger partial charge in [-0.1, -0.05) is 23.2 Å². The molecule has 0 aliphatic rings. The molecule has 0 fully saturated rings.